The third-order valence-electron chi connectivity index (χ3n) is 3.65. The van der Waals surface area contributed by atoms with E-state index < -0.39 is 9.84 Å². The van der Waals surface area contributed by atoms with Crippen molar-refractivity contribution >= 4 is 43.5 Å². The van der Waals surface area contributed by atoms with Crippen molar-refractivity contribution in [2.24, 2.45) is 0 Å². The number of nitrogens with zero attached hydrogens (tertiary/aromatic N) is 1. The third-order valence-corrected chi connectivity index (χ3v) is 5.81. The second kappa shape index (κ2) is 5.79. The molecule has 0 aliphatic rings. The molecule has 1 heterocycles. The minimum Gasteiger partial charge on any atom is -0.310 e. The van der Waals surface area contributed by atoms with Gasteiger partial charge in [0, 0.05) is 24.1 Å². The largest absolute Gasteiger partial charge is 0.310 e. The number of anilines is 1. The Morgan fingerprint density at radius 1 is 1.09 bits per heavy atom. The molecule has 0 saturated heterocycles. The molecule has 1 amide bonds. The summed E-state index contributed by atoms with van der Waals surface area (Å²) in [5.74, 6) is -0.221. The zero-order valence-electron chi connectivity index (χ0n) is 12.7. The molecule has 0 unspecified atom stereocenters. The van der Waals surface area contributed by atoms with Gasteiger partial charge in [-0.1, -0.05) is 36.4 Å². The highest BCUT2D eigenvalue weighted by molar-refractivity contribution is 7.90. The van der Waals surface area contributed by atoms with Crippen molar-refractivity contribution in [2.75, 3.05) is 18.2 Å². The molecule has 0 N–H and O–H groups in total. The van der Waals surface area contributed by atoms with Gasteiger partial charge in [0.15, 0.2) is 9.84 Å². The predicted octanol–water partition coefficient (Wildman–Crippen LogP) is 3.58. The maximum Gasteiger partial charge on any atom is 0.268 e. The van der Waals surface area contributed by atoms with E-state index in [9.17, 15) is 13.2 Å². The molecule has 1 aromatic heterocycles. The van der Waals surface area contributed by atoms with Gasteiger partial charge >= 0.3 is 0 Å². The minimum atomic E-state index is -3.30. The van der Waals surface area contributed by atoms with Crippen LogP contribution < -0.4 is 4.90 Å². The van der Waals surface area contributed by atoms with Crippen molar-refractivity contribution in [3.63, 3.8) is 0 Å². The van der Waals surface area contributed by atoms with Gasteiger partial charge in [0.2, 0.25) is 0 Å². The Morgan fingerprint density at radius 3 is 2.48 bits per heavy atom. The number of carbonyl (C=O) groups excluding carboxylic acids is 1. The Kier molecular flexibility index (Phi) is 3.95. The molecule has 0 aliphatic heterocycles. The van der Waals surface area contributed by atoms with Crippen LogP contribution in [-0.4, -0.2) is 27.6 Å². The van der Waals surface area contributed by atoms with Crippen LogP contribution in [0.4, 0.5) is 5.69 Å². The first-order valence-electron chi connectivity index (χ1n) is 6.92. The molecule has 0 bridgehead atoms. The Morgan fingerprint density at radius 2 is 1.78 bits per heavy atom. The van der Waals surface area contributed by atoms with Gasteiger partial charge in [-0.05, 0) is 17.5 Å². The van der Waals surface area contributed by atoms with Gasteiger partial charge in [-0.15, -0.1) is 11.3 Å². The Labute approximate surface area is 138 Å². The van der Waals surface area contributed by atoms with Gasteiger partial charge in [-0.3, -0.25) is 4.79 Å². The number of amides is 1. The Bertz CT molecular complexity index is 985. The standard InChI is InChI=1S/C17H15NO3S2/c1-18(15-9-5-7-12-6-3-4-8-14(12)15)17(19)16-10-13(11-22-16)23(2,20)21/h3-11H,1-2H3. The molecule has 0 radical (unpaired) electrons. The third kappa shape index (κ3) is 3.00. The number of thiophene rings is 1. The molecule has 0 aliphatic carbocycles. The normalized spacial score (nSPS) is 11.6. The zero-order chi connectivity index (χ0) is 16.6. The summed E-state index contributed by atoms with van der Waals surface area (Å²) < 4.78 is 23.1. The lowest BCUT2D eigenvalue weighted by molar-refractivity contribution is 0.0997. The molecule has 6 heteroatoms. The van der Waals surface area contributed by atoms with E-state index in [0.717, 1.165) is 34.1 Å². The van der Waals surface area contributed by atoms with Crippen molar-refractivity contribution in [2.45, 2.75) is 4.90 Å². The van der Waals surface area contributed by atoms with Crippen LogP contribution in [0.5, 0.6) is 0 Å². The summed E-state index contributed by atoms with van der Waals surface area (Å²) >= 11 is 1.14. The van der Waals surface area contributed by atoms with E-state index >= 15 is 0 Å². The average molecular weight is 345 g/mol. The highest BCUT2D eigenvalue weighted by atomic mass is 32.2. The zero-order valence-corrected chi connectivity index (χ0v) is 14.3. The predicted molar refractivity (Wildman–Crippen MR) is 94.1 cm³/mol. The molecular formula is C17H15NO3S2. The van der Waals surface area contributed by atoms with E-state index in [1.165, 1.54) is 11.4 Å². The molecular weight excluding hydrogens is 330 g/mol. The quantitative estimate of drug-likeness (QED) is 0.729. The first-order valence-corrected chi connectivity index (χ1v) is 9.69. The molecule has 0 atom stereocenters. The number of fused-ring (bicyclic) bond motifs is 1. The summed E-state index contributed by atoms with van der Waals surface area (Å²) in [4.78, 5) is 14.8. The van der Waals surface area contributed by atoms with Gasteiger partial charge in [-0.2, -0.15) is 0 Å². The number of hydrogen-bond donors (Lipinski definition) is 0. The van der Waals surface area contributed by atoms with Crippen LogP contribution >= 0.6 is 11.3 Å². The van der Waals surface area contributed by atoms with Gasteiger partial charge in [0.25, 0.3) is 5.91 Å². The summed E-state index contributed by atoms with van der Waals surface area (Å²) in [6.07, 6.45) is 1.14. The first-order chi connectivity index (χ1) is 10.9. The maximum atomic E-state index is 12.7. The van der Waals surface area contributed by atoms with Crippen molar-refractivity contribution < 1.29 is 13.2 Å². The molecule has 0 spiro atoms. The highest BCUT2D eigenvalue weighted by Crippen LogP contribution is 2.28. The fraction of sp³-hybridized carbons (Fsp3) is 0.118. The van der Waals surface area contributed by atoms with Crippen LogP contribution in [0.25, 0.3) is 10.8 Å². The van der Waals surface area contributed by atoms with Crippen LogP contribution in [-0.2, 0) is 9.84 Å². The van der Waals surface area contributed by atoms with E-state index in [1.807, 2.05) is 42.5 Å². The second-order valence-electron chi connectivity index (χ2n) is 5.28. The SMILES string of the molecule is CN(C(=O)c1cc(S(C)(=O)=O)cs1)c1cccc2ccccc12. The summed E-state index contributed by atoms with van der Waals surface area (Å²) in [5.41, 5.74) is 0.794. The molecule has 4 nitrogen and oxygen atoms in total. The van der Waals surface area contributed by atoms with E-state index in [0.29, 0.717) is 4.88 Å². The molecule has 3 aromatic rings. The van der Waals surface area contributed by atoms with E-state index in [-0.39, 0.29) is 10.8 Å². The smallest absolute Gasteiger partial charge is 0.268 e. The van der Waals surface area contributed by atoms with E-state index in [4.69, 9.17) is 0 Å². The van der Waals surface area contributed by atoms with Crippen molar-refractivity contribution in [3.8, 4) is 0 Å². The molecule has 118 valence electrons. The summed E-state index contributed by atoms with van der Waals surface area (Å²) in [7, 11) is -1.60. The Hall–Kier alpha value is -2.18. The summed E-state index contributed by atoms with van der Waals surface area (Å²) in [5, 5.41) is 3.53. The van der Waals surface area contributed by atoms with Crippen LogP contribution in [0.2, 0.25) is 0 Å². The maximum absolute atomic E-state index is 12.7. The topological polar surface area (TPSA) is 54.5 Å². The number of benzene rings is 2. The fourth-order valence-corrected chi connectivity index (χ4v) is 4.39. The summed E-state index contributed by atoms with van der Waals surface area (Å²) in [6.45, 7) is 0. The van der Waals surface area contributed by atoms with Gasteiger partial charge in [-0.25, -0.2) is 8.42 Å². The average Bonchev–Trinajstić information content (AvgIpc) is 3.03. The molecule has 0 saturated carbocycles. The second-order valence-corrected chi connectivity index (χ2v) is 8.21. The lowest BCUT2D eigenvalue weighted by Crippen LogP contribution is -2.25. The van der Waals surface area contributed by atoms with Crippen molar-refractivity contribution in [1.29, 1.82) is 0 Å². The molecule has 0 fully saturated rings. The molecule has 3 rings (SSSR count). The lowest BCUT2D eigenvalue weighted by atomic mass is 10.1. The number of carbonyl (C=O) groups is 1. The van der Waals surface area contributed by atoms with Crippen LogP contribution in [0.15, 0.2) is 58.8 Å². The van der Waals surface area contributed by atoms with Gasteiger partial charge in [0.1, 0.15) is 0 Å². The highest BCUT2D eigenvalue weighted by Gasteiger charge is 2.19. The number of rotatable bonds is 3. The Balaban J connectivity index is 2.00. The minimum absolute atomic E-state index is 0.178. The number of sulfone groups is 1. The summed E-state index contributed by atoms with van der Waals surface area (Å²) in [6, 6.07) is 15.0. The van der Waals surface area contributed by atoms with E-state index in [2.05, 4.69) is 0 Å². The van der Waals surface area contributed by atoms with Gasteiger partial charge in [0.05, 0.1) is 15.5 Å². The molecule has 23 heavy (non-hydrogen) atoms. The molecule has 2 aromatic carbocycles. The fourth-order valence-electron chi connectivity index (χ4n) is 2.40. The van der Waals surface area contributed by atoms with Crippen LogP contribution in [0.1, 0.15) is 9.67 Å². The van der Waals surface area contributed by atoms with Gasteiger partial charge < -0.3 is 4.90 Å². The van der Waals surface area contributed by atoms with Crippen LogP contribution in [0, 0.1) is 0 Å². The first kappa shape index (κ1) is 15.7. The van der Waals surface area contributed by atoms with Crippen molar-refractivity contribution in [3.05, 3.63) is 58.8 Å². The van der Waals surface area contributed by atoms with E-state index in [1.54, 1.807) is 11.9 Å². The van der Waals surface area contributed by atoms with Crippen LogP contribution in [0.3, 0.4) is 0 Å². The monoisotopic (exact) mass is 345 g/mol. The number of hydrogen-bond acceptors (Lipinski definition) is 4. The lowest BCUT2D eigenvalue weighted by Gasteiger charge is -2.18. The van der Waals surface area contributed by atoms with Crippen molar-refractivity contribution in [1.82, 2.24) is 0 Å².